The molecule has 1 amide bonds. The van der Waals surface area contributed by atoms with Crippen LogP contribution in [0.2, 0.25) is 0 Å². The van der Waals surface area contributed by atoms with Gasteiger partial charge in [-0.05, 0) is 12.8 Å². The van der Waals surface area contributed by atoms with Gasteiger partial charge in [0.25, 0.3) is 0 Å². The third-order valence-electron chi connectivity index (χ3n) is 2.25. The first kappa shape index (κ1) is 11.2. The molecule has 0 radical (unpaired) electrons. The van der Waals surface area contributed by atoms with E-state index in [2.05, 4.69) is 5.32 Å². The first-order valence-electron chi connectivity index (χ1n) is 4.83. The van der Waals surface area contributed by atoms with Crippen molar-refractivity contribution in [2.45, 2.75) is 18.9 Å². The van der Waals surface area contributed by atoms with Crippen LogP contribution >= 0.6 is 0 Å². The smallest absolute Gasteiger partial charge is 0.223 e. The normalized spacial score (nSPS) is 18.4. The first-order valence-corrected chi connectivity index (χ1v) is 4.83. The van der Waals surface area contributed by atoms with Gasteiger partial charge in [0.15, 0.2) is 0 Å². The molecule has 0 aromatic heterocycles. The molecule has 80 valence electrons. The van der Waals surface area contributed by atoms with Crippen molar-refractivity contribution in [3.8, 4) is 0 Å². The van der Waals surface area contributed by atoms with E-state index in [1.54, 1.807) is 0 Å². The van der Waals surface area contributed by atoms with Crippen LogP contribution in [0.1, 0.15) is 12.8 Å². The molecule has 1 aliphatic rings. The quantitative estimate of drug-likeness (QED) is 0.616. The Morgan fingerprint density at radius 3 is 2.86 bits per heavy atom. The fourth-order valence-electron chi connectivity index (χ4n) is 1.45. The molecule has 0 aromatic carbocycles. The molecule has 4 heteroatoms. The van der Waals surface area contributed by atoms with Crippen LogP contribution in [0.15, 0.2) is 12.2 Å². The number of nitrogens with one attached hydrogen (secondary N) is 1. The highest BCUT2D eigenvalue weighted by Crippen LogP contribution is 2.17. The largest absolute Gasteiger partial charge is 0.389 e. The monoisotopic (exact) mass is 199 g/mol. The maximum absolute atomic E-state index is 11.5. The lowest BCUT2D eigenvalue weighted by molar-refractivity contribution is -0.125. The van der Waals surface area contributed by atoms with Gasteiger partial charge in [-0.25, -0.2) is 0 Å². The number of aliphatic hydroxyl groups is 1. The number of hydrogen-bond acceptors (Lipinski definition) is 3. The van der Waals surface area contributed by atoms with Crippen LogP contribution < -0.4 is 5.32 Å². The van der Waals surface area contributed by atoms with Crippen molar-refractivity contribution in [3.63, 3.8) is 0 Å². The zero-order valence-electron chi connectivity index (χ0n) is 8.40. The Bertz CT molecular complexity index is 207. The molecular formula is C10H17NO3. The van der Waals surface area contributed by atoms with Crippen molar-refractivity contribution in [1.29, 1.82) is 0 Å². The average molecular weight is 199 g/mol. The van der Waals surface area contributed by atoms with Gasteiger partial charge in [-0.2, -0.15) is 0 Å². The van der Waals surface area contributed by atoms with Gasteiger partial charge in [0.1, 0.15) is 0 Å². The van der Waals surface area contributed by atoms with Gasteiger partial charge >= 0.3 is 0 Å². The van der Waals surface area contributed by atoms with E-state index < -0.39 is 6.10 Å². The van der Waals surface area contributed by atoms with Crippen molar-refractivity contribution in [2.75, 3.05) is 20.3 Å². The topological polar surface area (TPSA) is 58.6 Å². The molecular weight excluding hydrogens is 182 g/mol. The maximum atomic E-state index is 11.5. The second-order valence-electron chi connectivity index (χ2n) is 3.49. The van der Waals surface area contributed by atoms with Gasteiger partial charge in [-0.3, -0.25) is 4.79 Å². The average Bonchev–Trinajstić information content (AvgIpc) is 2.67. The lowest BCUT2D eigenvalue weighted by atomic mass is 10.1. The summed E-state index contributed by atoms with van der Waals surface area (Å²) in [5.41, 5.74) is 0. The number of methoxy groups -OCH3 is 1. The Labute approximate surface area is 83.9 Å². The standard InChI is InChI=1S/C10H17NO3/c1-14-7-9(12)6-11-10(13)8-4-2-3-5-8/h2-3,8-9,12H,4-7H2,1H3,(H,11,13). The first-order chi connectivity index (χ1) is 6.74. The van der Waals surface area contributed by atoms with Crippen molar-refractivity contribution < 1.29 is 14.6 Å². The molecule has 0 fully saturated rings. The summed E-state index contributed by atoms with van der Waals surface area (Å²) in [6, 6.07) is 0. The van der Waals surface area contributed by atoms with E-state index in [1.165, 1.54) is 7.11 Å². The number of amides is 1. The minimum absolute atomic E-state index is 0.0187. The zero-order chi connectivity index (χ0) is 10.4. The summed E-state index contributed by atoms with van der Waals surface area (Å²) < 4.78 is 4.75. The molecule has 0 saturated heterocycles. The molecule has 0 saturated carbocycles. The summed E-state index contributed by atoms with van der Waals surface area (Å²) in [7, 11) is 1.52. The van der Waals surface area contributed by atoms with Crippen LogP contribution in [0.4, 0.5) is 0 Å². The van der Waals surface area contributed by atoms with Gasteiger partial charge in [-0.15, -0.1) is 0 Å². The molecule has 0 aromatic rings. The van der Waals surface area contributed by atoms with Crippen molar-refractivity contribution in [3.05, 3.63) is 12.2 Å². The fraction of sp³-hybridized carbons (Fsp3) is 0.700. The van der Waals surface area contributed by atoms with Crippen molar-refractivity contribution in [1.82, 2.24) is 5.32 Å². The van der Waals surface area contributed by atoms with Crippen LogP contribution in [0, 0.1) is 5.92 Å². The summed E-state index contributed by atoms with van der Waals surface area (Å²) in [5.74, 6) is 0.0786. The van der Waals surface area contributed by atoms with Gasteiger partial charge in [0, 0.05) is 19.6 Å². The molecule has 1 atom stereocenters. The number of carbonyl (C=O) groups is 1. The lowest BCUT2D eigenvalue weighted by Crippen LogP contribution is -2.37. The molecule has 1 unspecified atom stereocenters. The molecule has 2 N–H and O–H groups in total. The summed E-state index contributed by atoms with van der Waals surface area (Å²) in [5, 5.41) is 12.0. The second-order valence-corrected chi connectivity index (χ2v) is 3.49. The van der Waals surface area contributed by atoms with E-state index in [0.29, 0.717) is 0 Å². The Kier molecular flexibility index (Phi) is 4.62. The third-order valence-corrected chi connectivity index (χ3v) is 2.25. The summed E-state index contributed by atoms with van der Waals surface area (Å²) in [4.78, 5) is 11.5. The SMILES string of the molecule is COCC(O)CNC(=O)C1CC=CC1. The predicted molar refractivity (Wildman–Crippen MR) is 52.8 cm³/mol. The predicted octanol–water partition coefficient (Wildman–Crippen LogP) is 0.0761. The molecule has 1 aliphatic carbocycles. The van der Waals surface area contributed by atoms with E-state index in [0.717, 1.165) is 12.8 Å². The minimum Gasteiger partial charge on any atom is -0.389 e. The maximum Gasteiger partial charge on any atom is 0.223 e. The molecule has 0 spiro atoms. The van der Waals surface area contributed by atoms with Crippen LogP contribution in [0.5, 0.6) is 0 Å². The summed E-state index contributed by atoms with van der Waals surface area (Å²) >= 11 is 0. The van der Waals surface area contributed by atoms with Crippen molar-refractivity contribution in [2.24, 2.45) is 5.92 Å². The minimum atomic E-state index is -0.613. The number of ether oxygens (including phenoxy) is 1. The van der Waals surface area contributed by atoms with Crippen LogP contribution in [0.25, 0.3) is 0 Å². The van der Waals surface area contributed by atoms with Crippen LogP contribution in [0.3, 0.4) is 0 Å². The molecule has 0 heterocycles. The Morgan fingerprint density at radius 2 is 2.29 bits per heavy atom. The van der Waals surface area contributed by atoms with E-state index in [-0.39, 0.29) is 25.0 Å². The number of hydrogen-bond donors (Lipinski definition) is 2. The number of allylic oxidation sites excluding steroid dienone is 2. The Morgan fingerprint density at radius 1 is 1.64 bits per heavy atom. The van der Waals surface area contributed by atoms with Crippen molar-refractivity contribution >= 4 is 5.91 Å². The number of rotatable bonds is 5. The van der Waals surface area contributed by atoms with Gasteiger partial charge in [0.2, 0.25) is 5.91 Å². The van der Waals surface area contributed by atoms with Crippen LogP contribution in [-0.4, -0.2) is 37.4 Å². The van der Waals surface area contributed by atoms with E-state index in [1.807, 2.05) is 12.2 Å². The molecule has 0 aliphatic heterocycles. The molecule has 0 bridgehead atoms. The van der Waals surface area contributed by atoms with E-state index in [4.69, 9.17) is 4.74 Å². The summed E-state index contributed by atoms with van der Waals surface area (Å²) in [6.07, 6.45) is 5.03. The fourth-order valence-corrected chi connectivity index (χ4v) is 1.45. The zero-order valence-corrected chi connectivity index (χ0v) is 8.40. The van der Waals surface area contributed by atoms with Crippen LogP contribution in [-0.2, 0) is 9.53 Å². The Hall–Kier alpha value is -0.870. The van der Waals surface area contributed by atoms with Gasteiger partial charge in [-0.1, -0.05) is 12.2 Å². The number of aliphatic hydroxyl groups excluding tert-OH is 1. The highest BCUT2D eigenvalue weighted by Gasteiger charge is 2.19. The highest BCUT2D eigenvalue weighted by molar-refractivity contribution is 5.79. The van der Waals surface area contributed by atoms with Gasteiger partial charge in [0.05, 0.1) is 12.7 Å². The molecule has 14 heavy (non-hydrogen) atoms. The summed E-state index contributed by atoms with van der Waals surface area (Å²) in [6.45, 7) is 0.520. The van der Waals surface area contributed by atoms with E-state index >= 15 is 0 Å². The second kappa shape index (κ2) is 5.78. The Balaban J connectivity index is 2.14. The highest BCUT2D eigenvalue weighted by atomic mass is 16.5. The third kappa shape index (κ3) is 3.47. The van der Waals surface area contributed by atoms with Gasteiger partial charge < -0.3 is 15.2 Å². The van der Waals surface area contributed by atoms with E-state index in [9.17, 15) is 9.90 Å². The lowest BCUT2D eigenvalue weighted by Gasteiger charge is -2.13. The number of carbonyl (C=O) groups excluding carboxylic acids is 1. The molecule has 1 rings (SSSR count). The molecule has 4 nitrogen and oxygen atoms in total.